The van der Waals surface area contributed by atoms with Crippen LogP contribution in [0.3, 0.4) is 0 Å². The molecule has 1 fully saturated rings. The van der Waals surface area contributed by atoms with Crippen molar-refractivity contribution in [2.45, 2.75) is 45.6 Å². The summed E-state index contributed by atoms with van der Waals surface area (Å²) in [7, 11) is 1.56. The number of aryl methyl sites for hydroxylation is 1. The maximum Gasteiger partial charge on any atom is 0.295 e. The number of para-hydroxylation sites is 1. The number of carbonyl (C=O) groups is 2. The molecule has 3 rings (SSSR count). The van der Waals surface area contributed by atoms with Crippen LogP contribution in [-0.4, -0.2) is 35.4 Å². The first-order valence-corrected chi connectivity index (χ1v) is 10.5. The lowest BCUT2D eigenvalue weighted by Gasteiger charge is -2.26. The zero-order valence-electron chi connectivity index (χ0n) is 17.9. The van der Waals surface area contributed by atoms with E-state index in [2.05, 4.69) is 6.92 Å². The second-order valence-corrected chi connectivity index (χ2v) is 7.66. The lowest BCUT2D eigenvalue weighted by atomic mass is 9.94. The van der Waals surface area contributed by atoms with E-state index in [0.717, 1.165) is 31.2 Å². The summed E-state index contributed by atoms with van der Waals surface area (Å²) in [6, 6.07) is 13.9. The number of unbranched alkanes of at least 4 members (excludes halogenated alkanes) is 3. The van der Waals surface area contributed by atoms with Gasteiger partial charge in [-0.05, 0) is 19.4 Å². The molecule has 1 aliphatic rings. The fourth-order valence-corrected chi connectivity index (χ4v) is 3.90. The molecule has 1 N–H and O–H groups in total. The fraction of sp³-hybridized carbons (Fsp3) is 0.360. The van der Waals surface area contributed by atoms with Crippen LogP contribution in [0.25, 0.3) is 5.76 Å². The number of carbonyl (C=O) groups excluding carboxylic acids is 2. The smallest absolute Gasteiger partial charge is 0.295 e. The molecule has 158 valence electrons. The normalized spacial score (nSPS) is 18.1. The van der Waals surface area contributed by atoms with E-state index < -0.39 is 17.7 Å². The molecular weight excluding hydrogens is 378 g/mol. The van der Waals surface area contributed by atoms with E-state index in [1.165, 1.54) is 0 Å². The topological polar surface area (TPSA) is 66.8 Å². The van der Waals surface area contributed by atoms with Gasteiger partial charge in [-0.1, -0.05) is 74.2 Å². The number of benzene rings is 2. The van der Waals surface area contributed by atoms with Gasteiger partial charge < -0.3 is 14.7 Å². The van der Waals surface area contributed by atoms with Crippen molar-refractivity contribution in [3.05, 3.63) is 70.8 Å². The molecule has 0 aliphatic carbocycles. The Labute approximate surface area is 178 Å². The SMILES string of the molecule is CCCCCCN1C(=O)C(=O)/C(=C(/O)c2ccc(C)cc2)[C@H]1c1ccccc1OC. The number of ether oxygens (including phenoxy) is 1. The van der Waals surface area contributed by atoms with Gasteiger partial charge in [0.25, 0.3) is 11.7 Å². The van der Waals surface area contributed by atoms with Crippen molar-refractivity contribution in [1.29, 1.82) is 0 Å². The Morgan fingerprint density at radius 1 is 1.03 bits per heavy atom. The van der Waals surface area contributed by atoms with Gasteiger partial charge in [0.05, 0.1) is 18.7 Å². The van der Waals surface area contributed by atoms with E-state index in [1.54, 1.807) is 30.2 Å². The van der Waals surface area contributed by atoms with Crippen molar-refractivity contribution in [2.24, 2.45) is 0 Å². The van der Waals surface area contributed by atoms with Crippen molar-refractivity contribution in [3.8, 4) is 5.75 Å². The first kappa shape index (κ1) is 21.6. The highest BCUT2D eigenvalue weighted by atomic mass is 16.5. The van der Waals surface area contributed by atoms with Gasteiger partial charge in [-0.25, -0.2) is 0 Å². The second-order valence-electron chi connectivity index (χ2n) is 7.66. The largest absolute Gasteiger partial charge is 0.507 e. The number of ketones is 1. The Morgan fingerprint density at radius 2 is 1.73 bits per heavy atom. The molecule has 1 aliphatic heterocycles. The summed E-state index contributed by atoms with van der Waals surface area (Å²) in [6.07, 6.45) is 3.95. The molecule has 0 radical (unpaired) electrons. The predicted octanol–water partition coefficient (Wildman–Crippen LogP) is 5.01. The van der Waals surface area contributed by atoms with Crippen LogP contribution in [0.1, 0.15) is 55.3 Å². The van der Waals surface area contributed by atoms with Gasteiger partial charge in [-0.3, -0.25) is 9.59 Å². The van der Waals surface area contributed by atoms with Crippen LogP contribution in [0.15, 0.2) is 54.1 Å². The summed E-state index contributed by atoms with van der Waals surface area (Å²) in [5.74, 6) is -0.798. The summed E-state index contributed by atoms with van der Waals surface area (Å²) in [6.45, 7) is 4.54. The molecule has 0 unspecified atom stereocenters. The number of rotatable bonds is 8. The van der Waals surface area contributed by atoms with Crippen molar-refractivity contribution in [2.75, 3.05) is 13.7 Å². The zero-order chi connectivity index (χ0) is 21.7. The molecule has 1 atom stereocenters. The molecule has 2 aromatic carbocycles. The minimum absolute atomic E-state index is 0.115. The third-order valence-corrected chi connectivity index (χ3v) is 5.55. The first-order chi connectivity index (χ1) is 14.5. The summed E-state index contributed by atoms with van der Waals surface area (Å²) in [5, 5.41) is 11.1. The summed E-state index contributed by atoms with van der Waals surface area (Å²) < 4.78 is 5.52. The molecule has 0 aromatic heterocycles. The standard InChI is InChI=1S/C25H29NO4/c1-4-5-6-9-16-26-22(19-10-7-8-11-20(19)30-3)21(24(28)25(26)29)23(27)18-14-12-17(2)13-15-18/h7-8,10-15,22,27H,4-6,9,16H2,1-3H3/b23-21+/t22-/m1/s1. The van der Waals surface area contributed by atoms with E-state index in [1.807, 2.05) is 37.3 Å². The van der Waals surface area contributed by atoms with Gasteiger partial charge in [0.1, 0.15) is 11.5 Å². The number of amides is 1. The highest BCUT2D eigenvalue weighted by molar-refractivity contribution is 6.46. The highest BCUT2D eigenvalue weighted by Crippen LogP contribution is 2.42. The molecule has 5 nitrogen and oxygen atoms in total. The van der Waals surface area contributed by atoms with Crippen molar-refractivity contribution < 1.29 is 19.4 Å². The van der Waals surface area contributed by atoms with Crippen LogP contribution in [-0.2, 0) is 9.59 Å². The molecule has 2 aromatic rings. The molecule has 0 bridgehead atoms. The monoisotopic (exact) mass is 407 g/mol. The molecular formula is C25H29NO4. The number of likely N-dealkylation sites (tertiary alicyclic amines) is 1. The molecule has 0 saturated carbocycles. The Balaban J connectivity index is 2.11. The average Bonchev–Trinajstić information content (AvgIpc) is 3.01. The number of hydrogen-bond acceptors (Lipinski definition) is 4. The van der Waals surface area contributed by atoms with E-state index >= 15 is 0 Å². The molecule has 1 saturated heterocycles. The number of Topliss-reactive ketones (excluding diaryl/α,β-unsaturated/α-hetero) is 1. The second kappa shape index (κ2) is 9.61. The molecule has 30 heavy (non-hydrogen) atoms. The van der Waals surface area contributed by atoms with Gasteiger partial charge in [-0.2, -0.15) is 0 Å². The first-order valence-electron chi connectivity index (χ1n) is 10.5. The van der Waals surface area contributed by atoms with E-state index in [4.69, 9.17) is 4.74 Å². The Kier molecular flexibility index (Phi) is 6.93. The van der Waals surface area contributed by atoms with Crippen LogP contribution in [0.5, 0.6) is 5.75 Å². The van der Waals surface area contributed by atoms with Gasteiger partial charge in [0.2, 0.25) is 0 Å². The van der Waals surface area contributed by atoms with Crippen molar-refractivity contribution >= 4 is 17.4 Å². The Bertz CT molecular complexity index is 946. The van der Waals surface area contributed by atoms with E-state index in [0.29, 0.717) is 23.4 Å². The third kappa shape index (κ3) is 4.25. The summed E-state index contributed by atoms with van der Waals surface area (Å²) >= 11 is 0. The van der Waals surface area contributed by atoms with Crippen LogP contribution in [0.2, 0.25) is 0 Å². The number of nitrogens with zero attached hydrogens (tertiary/aromatic N) is 1. The number of aliphatic hydroxyl groups is 1. The number of aliphatic hydroxyl groups excluding tert-OH is 1. The Hall–Kier alpha value is -3.08. The minimum atomic E-state index is -0.677. The predicted molar refractivity (Wildman–Crippen MR) is 117 cm³/mol. The van der Waals surface area contributed by atoms with Crippen LogP contribution in [0.4, 0.5) is 0 Å². The quantitative estimate of drug-likeness (QED) is 0.289. The minimum Gasteiger partial charge on any atom is -0.507 e. The number of methoxy groups -OCH3 is 1. The van der Waals surface area contributed by atoms with Gasteiger partial charge >= 0.3 is 0 Å². The fourth-order valence-electron chi connectivity index (χ4n) is 3.90. The van der Waals surface area contributed by atoms with Crippen molar-refractivity contribution in [1.82, 2.24) is 4.90 Å². The third-order valence-electron chi connectivity index (χ3n) is 5.55. The Morgan fingerprint density at radius 3 is 2.40 bits per heavy atom. The molecule has 1 amide bonds. The van der Waals surface area contributed by atoms with E-state index in [9.17, 15) is 14.7 Å². The van der Waals surface area contributed by atoms with Gasteiger partial charge in [0.15, 0.2) is 0 Å². The lowest BCUT2D eigenvalue weighted by molar-refractivity contribution is -0.139. The van der Waals surface area contributed by atoms with Crippen LogP contribution < -0.4 is 4.74 Å². The number of hydrogen-bond donors (Lipinski definition) is 1. The van der Waals surface area contributed by atoms with E-state index in [-0.39, 0.29) is 11.3 Å². The zero-order valence-corrected chi connectivity index (χ0v) is 17.9. The lowest BCUT2D eigenvalue weighted by Crippen LogP contribution is -2.30. The summed E-state index contributed by atoms with van der Waals surface area (Å²) in [5.41, 5.74) is 2.38. The van der Waals surface area contributed by atoms with Crippen LogP contribution in [0, 0.1) is 6.92 Å². The molecule has 0 spiro atoms. The molecule has 5 heteroatoms. The highest BCUT2D eigenvalue weighted by Gasteiger charge is 2.46. The molecule has 1 heterocycles. The maximum atomic E-state index is 13.0. The van der Waals surface area contributed by atoms with Crippen LogP contribution >= 0.6 is 0 Å². The van der Waals surface area contributed by atoms with Gasteiger partial charge in [0, 0.05) is 17.7 Å². The average molecular weight is 408 g/mol. The maximum absolute atomic E-state index is 13.0. The van der Waals surface area contributed by atoms with Gasteiger partial charge in [-0.15, -0.1) is 0 Å². The van der Waals surface area contributed by atoms with Crippen molar-refractivity contribution in [3.63, 3.8) is 0 Å². The summed E-state index contributed by atoms with van der Waals surface area (Å²) in [4.78, 5) is 27.5.